The molecule has 0 aliphatic rings. The summed E-state index contributed by atoms with van der Waals surface area (Å²) in [5.74, 6) is 1.65. The van der Waals surface area contributed by atoms with Crippen LogP contribution in [0.3, 0.4) is 0 Å². The van der Waals surface area contributed by atoms with E-state index < -0.39 is 0 Å². The van der Waals surface area contributed by atoms with Gasteiger partial charge in [-0.25, -0.2) is 4.98 Å². The molecule has 0 saturated heterocycles. The fourth-order valence-electron chi connectivity index (χ4n) is 3.07. The number of aryl methyl sites for hydroxylation is 2. The van der Waals surface area contributed by atoms with Gasteiger partial charge < -0.3 is 9.47 Å². The number of aliphatic imine (C=N–C) groups is 2. The third-order valence-electron chi connectivity index (χ3n) is 4.87. The first kappa shape index (κ1) is 27.3. The summed E-state index contributed by atoms with van der Waals surface area (Å²) in [4.78, 5) is 14.3. The summed E-state index contributed by atoms with van der Waals surface area (Å²) >= 11 is 7.00. The molecule has 1 aromatic heterocycles. The van der Waals surface area contributed by atoms with Gasteiger partial charge in [0.15, 0.2) is 0 Å². The van der Waals surface area contributed by atoms with Crippen molar-refractivity contribution < 1.29 is 20.8 Å². The fraction of sp³-hybridized carbons (Fsp3) is 0.240. The van der Waals surface area contributed by atoms with Gasteiger partial charge in [0.25, 0.3) is 0 Å². The second-order valence-corrected chi connectivity index (χ2v) is 12.7. The number of ether oxygens (including phenoxy) is 2. The molecule has 0 N–H and O–H groups in total. The molecule has 8 heteroatoms. The van der Waals surface area contributed by atoms with E-state index in [0.717, 1.165) is 68.2 Å². The summed E-state index contributed by atoms with van der Waals surface area (Å²) in [6, 6.07) is 17.6. The Hall–Kier alpha value is -1.99. The van der Waals surface area contributed by atoms with Gasteiger partial charge in [0, 0.05) is 0 Å². The van der Waals surface area contributed by atoms with Crippen molar-refractivity contribution >= 4 is 51.0 Å². The molecule has 0 fully saturated rings. The first-order valence-corrected chi connectivity index (χ1v) is 15.5. The molecule has 0 aliphatic carbocycles. The van der Waals surface area contributed by atoms with Crippen molar-refractivity contribution in [3.63, 3.8) is 0 Å². The predicted octanol–water partition coefficient (Wildman–Crippen LogP) is 7.69. The standard InChI is InChI=1S/C25H27N3O2.2BrH.Fe/c1-16-14-20(29-5)10-12-22(16)26-18(3)24-8-7-9-25(28-24)19(4)27-23-13-11-21(30-6)15-17(23)2;;;/h7-15H,1-6H3;2*1H;/q;;;+2/p-2. The summed E-state index contributed by atoms with van der Waals surface area (Å²) in [5.41, 5.74) is 7.25. The molecule has 0 radical (unpaired) electrons. The van der Waals surface area contributed by atoms with Crippen molar-refractivity contribution in [3.05, 3.63) is 77.1 Å². The number of halogens is 2. The van der Waals surface area contributed by atoms with Gasteiger partial charge in [0.2, 0.25) is 0 Å². The summed E-state index contributed by atoms with van der Waals surface area (Å²) in [7, 11) is 3.32. The van der Waals surface area contributed by atoms with Crippen molar-refractivity contribution in [2.24, 2.45) is 9.98 Å². The van der Waals surface area contributed by atoms with Gasteiger partial charge in [-0.15, -0.1) is 0 Å². The van der Waals surface area contributed by atoms with Crippen LogP contribution >= 0.6 is 28.2 Å². The van der Waals surface area contributed by atoms with Gasteiger partial charge in [-0.3, -0.25) is 9.98 Å². The molecule has 0 amide bonds. The number of aromatic nitrogens is 1. The van der Waals surface area contributed by atoms with Crippen LogP contribution in [0, 0.1) is 13.8 Å². The van der Waals surface area contributed by atoms with Crippen LogP contribution in [-0.2, 0) is 11.3 Å². The number of hydrogen-bond donors (Lipinski definition) is 0. The molecule has 2 aromatic carbocycles. The van der Waals surface area contributed by atoms with Crippen molar-refractivity contribution in [1.29, 1.82) is 0 Å². The van der Waals surface area contributed by atoms with Gasteiger partial charge in [-0.1, -0.05) is 6.07 Å². The molecule has 0 unspecified atom stereocenters. The zero-order valence-electron chi connectivity index (χ0n) is 19.5. The van der Waals surface area contributed by atoms with Crippen LogP contribution in [0.5, 0.6) is 11.5 Å². The number of pyridine rings is 1. The van der Waals surface area contributed by atoms with Crippen LogP contribution in [0.4, 0.5) is 11.4 Å². The van der Waals surface area contributed by atoms with Crippen molar-refractivity contribution in [2.45, 2.75) is 27.7 Å². The molecular weight excluding hydrogens is 590 g/mol. The Balaban J connectivity index is 0.00000122. The molecule has 5 nitrogen and oxygen atoms in total. The Labute approximate surface area is 216 Å². The van der Waals surface area contributed by atoms with E-state index in [2.05, 4.69) is 28.2 Å². The van der Waals surface area contributed by atoms with Gasteiger partial charge >= 0.3 is 39.6 Å². The summed E-state index contributed by atoms with van der Waals surface area (Å²) in [5, 5.41) is 0. The van der Waals surface area contributed by atoms with E-state index >= 15 is 0 Å². The molecule has 176 valence electrons. The van der Waals surface area contributed by atoms with E-state index in [9.17, 15) is 0 Å². The monoisotopic (exact) mass is 615 g/mol. The SMILES string of the molecule is COc1ccc(N=C(C)c2cccc(C(C)=Nc3ccc(OC)cc3C)n2)c(C)c1.[Br][Fe][Br]. The molecule has 33 heavy (non-hydrogen) atoms. The summed E-state index contributed by atoms with van der Waals surface area (Å²) < 4.78 is 10.5. The van der Waals surface area contributed by atoms with Crippen LogP contribution in [0.1, 0.15) is 36.4 Å². The Morgan fingerprint density at radius 2 is 1.15 bits per heavy atom. The first-order valence-electron chi connectivity index (χ1n) is 10.1. The van der Waals surface area contributed by atoms with Gasteiger partial charge in [0.05, 0.1) is 48.4 Å². The van der Waals surface area contributed by atoms with E-state index in [0.29, 0.717) is 0 Å². The minimum atomic E-state index is 0.823. The molecule has 0 aliphatic heterocycles. The molecule has 0 bridgehead atoms. The first-order chi connectivity index (χ1) is 15.8. The summed E-state index contributed by atoms with van der Waals surface area (Å²) in [6.45, 7) is 7.98. The zero-order valence-corrected chi connectivity index (χ0v) is 23.7. The van der Waals surface area contributed by atoms with Gasteiger partial charge in [-0.05, 0) is 87.4 Å². The second kappa shape index (κ2) is 13.7. The van der Waals surface area contributed by atoms with Crippen molar-refractivity contribution in [1.82, 2.24) is 4.98 Å². The van der Waals surface area contributed by atoms with Crippen LogP contribution in [0.15, 0.2) is 64.6 Å². The Morgan fingerprint density at radius 3 is 1.48 bits per heavy atom. The van der Waals surface area contributed by atoms with E-state index in [1.165, 1.54) is 0 Å². The third-order valence-corrected chi connectivity index (χ3v) is 4.87. The molecule has 0 spiro atoms. The zero-order chi connectivity index (χ0) is 24.4. The third kappa shape index (κ3) is 8.07. The Bertz CT molecular complexity index is 1070. The van der Waals surface area contributed by atoms with Gasteiger partial charge in [0.1, 0.15) is 11.5 Å². The molecular formula is C25H27Br2FeN3O2. The quantitative estimate of drug-likeness (QED) is 0.211. The van der Waals surface area contributed by atoms with Crippen LogP contribution in [0.2, 0.25) is 0 Å². The number of benzene rings is 2. The number of methoxy groups -OCH3 is 2. The van der Waals surface area contributed by atoms with E-state index in [4.69, 9.17) is 24.4 Å². The maximum absolute atomic E-state index is 5.27. The van der Waals surface area contributed by atoms with E-state index in [-0.39, 0.29) is 0 Å². The molecule has 0 atom stereocenters. The Morgan fingerprint density at radius 1 is 0.758 bits per heavy atom. The molecule has 3 aromatic rings. The number of nitrogens with zero attached hydrogens (tertiary/aromatic N) is 3. The topological polar surface area (TPSA) is 56.1 Å². The summed E-state index contributed by atoms with van der Waals surface area (Å²) in [6.07, 6.45) is 0. The maximum atomic E-state index is 5.27. The van der Waals surface area contributed by atoms with Crippen LogP contribution in [-0.4, -0.2) is 30.6 Å². The average molecular weight is 617 g/mol. The Kier molecular flexibility index (Phi) is 11.3. The van der Waals surface area contributed by atoms with Crippen LogP contribution in [0.25, 0.3) is 0 Å². The normalized spacial score (nSPS) is 11.6. The van der Waals surface area contributed by atoms with Crippen molar-refractivity contribution in [3.8, 4) is 11.5 Å². The van der Waals surface area contributed by atoms with E-state index in [1.54, 1.807) is 14.2 Å². The molecule has 1 heterocycles. The van der Waals surface area contributed by atoms with Crippen molar-refractivity contribution in [2.75, 3.05) is 14.2 Å². The average Bonchev–Trinajstić information content (AvgIpc) is 2.82. The molecule has 0 saturated carbocycles. The molecule has 3 rings (SSSR count). The van der Waals surface area contributed by atoms with Crippen LogP contribution < -0.4 is 9.47 Å². The fourth-order valence-corrected chi connectivity index (χ4v) is 3.07. The predicted molar refractivity (Wildman–Crippen MR) is 141 cm³/mol. The minimum absolute atomic E-state index is 0.823. The second-order valence-electron chi connectivity index (χ2n) is 7.16. The number of rotatable bonds is 6. The van der Waals surface area contributed by atoms with E-state index in [1.807, 2.05) is 82.3 Å². The van der Waals surface area contributed by atoms with Gasteiger partial charge in [-0.2, -0.15) is 0 Å². The number of hydrogen-bond acceptors (Lipinski definition) is 5.